The number of carbonyl (C=O) groups is 2. The fourth-order valence-corrected chi connectivity index (χ4v) is 1.57. The van der Waals surface area contributed by atoms with Crippen LogP contribution in [0, 0.1) is 0 Å². The normalized spacial score (nSPS) is 10.5. The molecule has 0 aliphatic carbocycles. The second-order valence-electron chi connectivity index (χ2n) is 4.43. The summed E-state index contributed by atoms with van der Waals surface area (Å²) in [6.45, 7) is 4.05. The lowest BCUT2D eigenvalue weighted by Crippen LogP contribution is -2.26. The van der Waals surface area contributed by atoms with E-state index >= 15 is 0 Å². The van der Waals surface area contributed by atoms with Crippen molar-refractivity contribution < 1.29 is 14.7 Å². The number of hydrogen-bond donors (Lipinski definition) is 2. The Morgan fingerprint density at radius 2 is 1.89 bits per heavy atom. The molecule has 0 spiro atoms. The lowest BCUT2D eigenvalue weighted by atomic mass is 10.1. The van der Waals surface area contributed by atoms with Gasteiger partial charge in [0.05, 0.1) is 6.42 Å². The van der Waals surface area contributed by atoms with E-state index in [1.165, 1.54) is 0 Å². The summed E-state index contributed by atoms with van der Waals surface area (Å²) in [6.07, 6.45) is -0.0644. The Balaban J connectivity index is 2.51. The second-order valence-corrected chi connectivity index (χ2v) is 4.43. The number of benzene rings is 1. The number of carboxylic acid groups (broad SMARTS) is 1. The van der Waals surface area contributed by atoms with Gasteiger partial charge in [0.1, 0.15) is 0 Å². The predicted octanol–water partition coefficient (Wildman–Crippen LogP) is 1.34. The summed E-state index contributed by atoms with van der Waals surface area (Å²) in [7, 11) is 2.03. The van der Waals surface area contributed by atoms with Crippen molar-refractivity contribution in [2.24, 2.45) is 0 Å². The summed E-state index contributed by atoms with van der Waals surface area (Å²) < 4.78 is 0. The van der Waals surface area contributed by atoms with E-state index in [0.717, 1.165) is 18.7 Å². The lowest BCUT2D eigenvalue weighted by molar-refractivity contribution is -0.136. The van der Waals surface area contributed by atoms with Crippen LogP contribution < -0.4 is 5.32 Å². The number of nitrogens with one attached hydrogen (secondary N) is 1. The molecule has 5 heteroatoms. The first kappa shape index (κ1) is 15.2. The second kappa shape index (κ2) is 7.53. The fourth-order valence-electron chi connectivity index (χ4n) is 1.57. The van der Waals surface area contributed by atoms with Crippen LogP contribution in [-0.4, -0.2) is 42.0 Å². The zero-order valence-electron chi connectivity index (χ0n) is 11.3. The van der Waals surface area contributed by atoms with Crippen molar-refractivity contribution in [3.63, 3.8) is 0 Å². The highest BCUT2D eigenvalue weighted by atomic mass is 16.4. The van der Waals surface area contributed by atoms with Gasteiger partial charge in [-0.15, -0.1) is 0 Å². The molecule has 0 radical (unpaired) electrons. The third-order valence-electron chi connectivity index (χ3n) is 2.83. The van der Waals surface area contributed by atoms with Crippen molar-refractivity contribution in [1.82, 2.24) is 10.2 Å². The topological polar surface area (TPSA) is 69.6 Å². The van der Waals surface area contributed by atoms with E-state index in [1.54, 1.807) is 12.1 Å². The van der Waals surface area contributed by atoms with Crippen molar-refractivity contribution in [1.29, 1.82) is 0 Å². The van der Waals surface area contributed by atoms with E-state index < -0.39 is 5.97 Å². The Morgan fingerprint density at radius 3 is 2.42 bits per heavy atom. The quantitative estimate of drug-likeness (QED) is 0.780. The molecular weight excluding hydrogens is 244 g/mol. The molecule has 19 heavy (non-hydrogen) atoms. The van der Waals surface area contributed by atoms with Crippen molar-refractivity contribution >= 4 is 11.9 Å². The number of rotatable bonds is 7. The number of nitrogens with zero attached hydrogens (tertiary/aromatic N) is 1. The first-order valence-electron chi connectivity index (χ1n) is 6.30. The smallest absolute Gasteiger partial charge is 0.305 e. The van der Waals surface area contributed by atoms with E-state index in [2.05, 4.69) is 17.1 Å². The standard InChI is InChI=1S/C14H20N2O3/c1-3-16(2)10-11-4-6-12(7-5-11)14(19)15-9-8-13(17)18/h4-7H,3,8-10H2,1-2H3,(H,15,19)(H,17,18). The van der Waals surface area contributed by atoms with Crippen LogP contribution in [0.1, 0.15) is 29.3 Å². The highest BCUT2D eigenvalue weighted by molar-refractivity contribution is 5.94. The van der Waals surface area contributed by atoms with Crippen molar-refractivity contribution in [3.8, 4) is 0 Å². The lowest BCUT2D eigenvalue weighted by Gasteiger charge is -2.13. The Kier molecular flexibility index (Phi) is 6.02. The minimum atomic E-state index is -0.918. The van der Waals surface area contributed by atoms with Crippen LogP contribution in [0.3, 0.4) is 0 Å². The van der Waals surface area contributed by atoms with Gasteiger partial charge in [-0.3, -0.25) is 9.59 Å². The van der Waals surface area contributed by atoms with E-state index in [9.17, 15) is 9.59 Å². The van der Waals surface area contributed by atoms with Crippen molar-refractivity contribution in [2.75, 3.05) is 20.1 Å². The molecule has 0 atom stereocenters. The van der Waals surface area contributed by atoms with Gasteiger partial charge >= 0.3 is 5.97 Å². The third-order valence-corrected chi connectivity index (χ3v) is 2.83. The Morgan fingerprint density at radius 1 is 1.26 bits per heavy atom. The van der Waals surface area contributed by atoms with Gasteiger partial charge < -0.3 is 15.3 Å². The van der Waals surface area contributed by atoms with Gasteiger partial charge in [-0.2, -0.15) is 0 Å². The molecule has 0 aromatic heterocycles. The summed E-state index contributed by atoms with van der Waals surface area (Å²) in [5.41, 5.74) is 1.69. The monoisotopic (exact) mass is 264 g/mol. The molecule has 1 aromatic rings. The highest BCUT2D eigenvalue weighted by Gasteiger charge is 2.06. The van der Waals surface area contributed by atoms with Crippen LogP contribution in [0.4, 0.5) is 0 Å². The zero-order chi connectivity index (χ0) is 14.3. The number of carboxylic acids is 1. The largest absolute Gasteiger partial charge is 0.481 e. The van der Waals surface area contributed by atoms with Gasteiger partial charge in [-0.1, -0.05) is 19.1 Å². The van der Waals surface area contributed by atoms with Gasteiger partial charge in [0.25, 0.3) is 5.91 Å². The van der Waals surface area contributed by atoms with Gasteiger partial charge in [0, 0.05) is 18.7 Å². The van der Waals surface area contributed by atoms with Gasteiger partial charge in [0.15, 0.2) is 0 Å². The molecule has 5 nitrogen and oxygen atoms in total. The van der Waals surface area contributed by atoms with Gasteiger partial charge in [-0.05, 0) is 31.3 Å². The minimum Gasteiger partial charge on any atom is -0.481 e. The fraction of sp³-hybridized carbons (Fsp3) is 0.429. The number of aliphatic carboxylic acids is 1. The molecular formula is C14H20N2O3. The Labute approximate surface area is 113 Å². The summed E-state index contributed by atoms with van der Waals surface area (Å²) in [5.74, 6) is -1.16. The Bertz CT molecular complexity index is 429. The zero-order valence-corrected chi connectivity index (χ0v) is 11.3. The molecule has 0 heterocycles. The first-order valence-corrected chi connectivity index (χ1v) is 6.30. The summed E-state index contributed by atoms with van der Waals surface area (Å²) in [5, 5.41) is 11.1. The molecule has 104 valence electrons. The van der Waals surface area contributed by atoms with E-state index in [-0.39, 0.29) is 18.9 Å². The number of hydrogen-bond acceptors (Lipinski definition) is 3. The maximum atomic E-state index is 11.7. The number of amides is 1. The molecule has 0 aliphatic heterocycles. The van der Waals surface area contributed by atoms with Gasteiger partial charge in [0.2, 0.25) is 0 Å². The molecule has 0 aliphatic rings. The first-order chi connectivity index (χ1) is 9.02. The van der Waals surface area contributed by atoms with Crippen LogP contribution >= 0.6 is 0 Å². The molecule has 2 N–H and O–H groups in total. The third kappa shape index (κ3) is 5.52. The summed E-state index contributed by atoms with van der Waals surface area (Å²) >= 11 is 0. The van der Waals surface area contributed by atoms with E-state index in [1.807, 2.05) is 19.2 Å². The SMILES string of the molecule is CCN(C)Cc1ccc(C(=O)NCCC(=O)O)cc1. The molecule has 1 aromatic carbocycles. The molecule has 0 unspecified atom stereocenters. The maximum absolute atomic E-state index is 11.7. The van der Waals surface area contributed by atoms with Crippen molar-refractivity contribution in [3.05, 3.63) is 35.4 Å². The average Bonchev–Trinajstić information content (AvgIpc) is 2.38. The van der Waals surface area contributed by atoms with Crippen LogP contribution in [0.5, 0.6) is 0 Å². The molecule has 0 saturated heterocycles. The van der Waals surface area contributed by atoms with Crippen LogP contribution in [-0.2, 0) is 11.3 Å². The molecule has 1 rings (SSSR count). The van der Waals surface area contributed by atoms with Crippen LogP contribution in [0.25, 0.3) is 0 Å². The van der Waals surface area contributed by atoms with E-state index in [4.69, 9.17) is 5.11 Å². The molecule has 0 fully saturated rings. The highest BCUT2D eigenvalue weighted by Crippen LogP contribution is 2.06. The van der Waals surface area contributed by atoms with Crippen LogP contribution in [0.15, 0.2) is 24.3 Å². The maximum Gasteiger partial charge on any atom is 0.305 e. The van der Waals surface area contributed by atoms with Crippen molar-refractivity contribution in [2.45, 2.75) is 19.9 Å². The molecule has 0 saturated carbocycles. The van der Waals surface area contributed by atoms with Crippen LogP contribution in [0.2, 0.25) is 0 Å². The summed E-state index contributed by atoms with van der Waals surface area (Å²) in [6, 6.07) is 7.35. The average molecular weight is 264 g/mol. The molecule has 1 amide bonds. The van der Waals surface area contributed by atoms with Gasteiger partial charge in [-0.25, -0.2) is 0 Å². The predicted molar refractivity (Wildman–Crippen MR) is 73.0 cm³/mol. The summed E-state index contributed by atoms with van der Waals surface area (Å²) in [4.78, 5) is 24.2. The Hall–Kier alpha value is -1.88. The molecule has 0 bridgehead atoms. The van der Waals surface area contributed by atoms with E-state index in [0.29, 0.717) is 5.56 Å². The minimum absolute atomic E-state index is 0.0644. The number of carbonyl (C=O) groups excluding carboxylic acids is 1.